The van der Waals surface area contributed by atoms with Crippen molar-refractivity contribution in [2.75, 3.05) is 6.61 Å². The maximum Gasteiger partial charge on any atom is 0.119 e. The molecule has 134 valence electrons. The molecule has 0 spiro atoms. The minimum atomic E-state index is 0.716. The third kappa shape index (κ3) is 4.87. The first-order valence-corrected chi connectivity index (χ1v) is 9.99. The first-order valence-electron chi connectivity index (χ1n) is 9.99. The van der Waals surface area contributed by atoms with Crippen molar-refractivity contribution in [3.8, 4) is 16.9 Å². The van der Waals surface area contributed by atoms with Crippen LogP contribution in [0.1, 0.15) is 64.4 Å². The van der Waals surface area contributed by atoms with Crippen LogP contribution < -0.4 is 4.74 Å². The number of ether oxygens (including phenoxy) is 1. The van der Waals surface area contributed by atoms with E-state index in [0.717, 1.165) is 23.5 Å². The second kappa shape index (κ2) is 8.56. The minimum absolute atomic E-state index is 0.716. The first-order chi connectivity index (χ1) is 12.2. The van der Waals surface area contributed by atoms with E-state index in [1.165, 1.54) is 48.8 Å². The molecule has 2 aromatic carbocycles. The van der Waals surface area contributed by atoms with Gasteiger partial charge in [0.05, 0.1) is 6.61 Å². The van der Waals surface area contributed by atoms with Crippen molar-refractivity contribution in [3.05, 3.63) is 54.1 Å². The molecule has 0 heterocycles. The number of hydrogen-bond donors (Lipinski definition) is 0. The summed E-state index contributed by atoms with van der Waals surface area (Å²) in [5.74, 6) is 3.51. The highest BCUT2D eigenvalue weighted by Gasteiger charge is 2.22. The molecule has 0 saturated heterocycles. The normalized spacial score (nSPS) is 20.6. The Bertz CT molecular complexity index is 631. The Balaban J connectivity index is 1.61. The summed E-state index contributed by atoms with van der Waals surface area (Å²) in [4.78, 5) is 0. The van der Waals surface area contributed by atoms with Gasteiger partial charge in [-0.15, -0.1) is 0 Å². The third-order valence-electron chi connectivity index (χ3n) is 5.53. The lowest BCUT2D eigenvalue weighted by atomic mass is 9.76. The van der Waals surface area contributed by atoms with E-state index < -0.39 is 0 Å². The van der Waals surface area contributed by atoms with Crippen LogP contribution >= 0.6 is 0 Å². The third-order valence-corrected chi connectivity index (χ3v) is 5.53. The van der Waals surface area contributed by atoms with Crippen molar-refractivity contribution in [1.29, 1.82) is 0 Å². The zero-order chi connectivity index (χ0) is 17.6. The summed E-state index contributed by atoms with van der Waals surface area (Å²) < 4.78 is 5.53. The fraction of sp³-hybridized carbons (Fsp3) is 0.500. The largest absolute Gasteiger partial charge is 0.494 e. The van der Waals surface area contributed by atoms with Gasteiger partial charge in [0.15, 0.2) is 0 Å². The summed E-state index contributed by atoms with van der Waals surface area (Å²) >= 11 is 0. The highest BCUT2D eigenvalue weighted by molar-refractivity contribution is 5.64. The molecular formula is C24H32O. The Morgan fingerprint density at radius 1 is 0.840 bits per heavy atom. The lowest BCUT2D eigenvalue weighted by Crippen LogP contribution is -2.14. The molecule has 1 saturated carbocycles. The molecule has 0 atom stereocenters. The highest BCUT2D eigenvalue weighted by atomic mass is 16.5. The predicted octanol–water partition coefficient (Wildman–Crippen LogP) is 7.07. The molecule has 3 rings (SSSR count). The van der Waals surface area contributed by atoms with E-state index in [1.54, 1.807) is 0 Å². The summed E-state index contributed by atoms with van der Waals surface area (Å²) in [6, 6.07) is 17.7. The number of rotatable bonds is 6. The minimum Gasteiger partial charge on any atom is -0.494 e. The second-order valence-electron chi connectivity index (χ2n) is 7.93. The van der Waals surface area contributed by atoms with E-state index in [0.29, 0.717) is 6.61 Å². The molecular weight excluding hydrogens is 304 g/mol. The first kappa shape index (κ1) is 18.0. The van der Waals surface area contributed by atoms with Gasteiger partial charge in [0.2, 0.25) is 0 Å². The van der Waals surface area contributed by atoms with E-state index in [2.05, 4.69) is 62.4 Å². The Morgan fingerprint density at radius 2 is 1.40 bits per heavy atom. The molecule has 1 fully saturated rings. The second-order valence-corrected chi connectivity index (χ2v) is 7.93. The fourth-order valence-electron chi connectivity index (χ4n) is 4.26. The van der Waals surface area contributed by atoms with Gasteiger partial charge in [0.1, 0.15) is 5.75 Å². The molecule has 0 aliphatic heterocycles. The Kier molecular flexibility index (Phi) is 6.18. The maximum atomic E-state index is 5.53. The average Bonchev–Trinajstić information content (AvgIpc) is 2.63. The van der Waals surface area contributed by atoms with Crippen LogP contribution in [0.15, 0.2) is 48.5 Å². The molecule has 1 aliphatic rings. The molecule has 1 heteroatoms. The van der Waals surface area contributed by atoms with Crippen LogP contribution in [0.25, 0.3) is 11.1 Å². The van der Waals surface area contributed by atoms with E-state index >= 15 is 0 Å². The smallest absolute Gasteiger partial charge is 0.119 e. The van der Waals surface area contributed by atoms with E-state index in [4.69, 9.17) is 4.74 Å². The van der Waals surface area contributed by atoms with Gasteiger partial charge in [-0.25, -0.2) is 0 Å². The number of hydrogen-bond acceptors (Lipinski definition) is 1. The van der Waals surface area contributed by atoms with Crippen molar-refractivity contribution in [2.24, 2.45) is 11.8 Å². The molecule has 0 radical (unpaired) electrons. The van der Waals surface area contributed by atoms with Crippen molar-refractivity contribution in [1.82, 2.24) is 0 Å². The molecule has 0 bridgehead atoms. The molecule has 0 N–H and O–H groups in total. The fourth-order valence-corrected chi connectivity index (χ4v) is 4.26. The van der Waals surface area contributed by atoms with Gasteiger partial charge in [-0.2, -0.15) is 0 Å². The maximum absolute atomic E-state index is 5.53. The van der Waals surface area contributed by atoms with Crippen molar-refractivity contribution in [3.63, 3.8) is 0 Å². The van der Waals surface area contributed by atoms with Gasteiger partial charge in [0, 0.05) is 0 Å². The van der Waals surface area contributed by atoms with Crippen LogP contribution in [0, 0.1) is 11.8 Å². The van der Waals surface area contributed by atoms with Gasteiger partial charge in [-0.05, 0) is 85.6 Å². The van der Waals surface area contributed by atoms with Crippen molar-refractivity contribution >= 4 is 0 Å². The van der Waals surface area contributed by atoms with E-state index in [-0.39, 0.29) is 0 Å². The van der Waals surface area contributed by atoms with Crippen molar-refractivity contribution in [2.45, 2.75) is 58.8 Å². The summed E-state index contributed by atoms with van der Waals surface area (Å²) in [6.45, 7) is 7.44. The average molecular weight is 337 g/mol. The predicted molar refractivity (Wildman–Crippen MR) is 107 cm³/mol. The van der Waals surface area contributed by atoms with Gasteiger partial charge in [0.25, 0.3) is 0 Å². The molecule has 25 heavy (non-hydrogen) atoms. The zero-order valence-electron chi connectivity index (χ0n) is 16.0. The molecule has 0 aromatic heterocycles. The molecule has 1 aliphatic carbocycles. The van der Waals surface area contributed by atoms with E-state index in [9.17, 15) is 0 Å². The summed E-state index contributed by atoms with van der Waals surface area (Å²) in [5, 5.41) is 0. The van der Waals surface area contributed by atoms with Gasteiger partial charge < -0.3 is 4.74 Å². The van der Waals surface area contributed by atoms with Crippen molar-refractivity contribution < 1.29 is 4.74 Å². The lowest BCUT2D eigenvalue weighted by Gasteiger charge is -2.29. The SMILES string of the molecule is CCOc1ccc(-c2ccc(C3CCC(CC(C)C)CC3)cc2)cc1. The molecule has 0 amide bonds. The van der Waals surface area contributed by atoms with Crippen LogP contribution in [-0.4, -0.2) is 6.61 Å². The summed E-state index contributed by atoms with van der Waals surface area (Å²) in [6.07, 6.45) is 6.94. The Hall–Kier alpha value is -1.76. The highest BCUT2D eigenvalue weighted by Crippen LogP contribution is 2.38. The topological polar surface area (TPSA) is 9.23 Å². The molecule has 2 aromatic rings. The van der Waals surface area contributed by atoms with Gasteiger partial charge >= 0.3 is 0 Å². The van der Waals surface area contributed by atoms with Crippen LogP contribution in [0.5, 0.6) is 5.75 Å². The lowest BCUT2D eigenvalue weighted by molar-refractivity contribution is 0.283. The number of benzene rings is 2. The van der Waals surface area contributed by atoms with Crippen LogP contribution in [0.4, 0.5) is 0 Å². The standard InChI is InChI=1S/C24H32O/c1-4-25-24-15-13-23(14-16-24)22-11-9-21(10-12-22)20-7-5-19(6-8-20)17-18(2)3/h9-16,18-20H,4-8,17H2,1-3H3. The Morgan fingerprint density at radius 3 is 1.92 bits per heavy atom. The zero-order valence-corrected chi connectivity index (χ0v) is 16.0. The van der Waals surface area contributed by atoms with Crippen LogP contribution in [-0.2, 0) is 0 Å². The van der Waals surface area contributed by atoms with Crippen LogP contribution in [0.2, 0.25) is 0 Å². The molecule has 0 unspecified atom stereocenters. The summed E-state index contributed by atoms with van der Waals surface area (Å²) in [5.41, 5.74) is 4.08. The quantitative estimate of drug-likeness (QED) is 0.548. The van der Waals surface area contributed by atoms with Crippen LogP contribution in [0.3, 0.4) is 0 Å². The summed E-state index contributed by atoms with van der Waals surface area (Å²) in [7, 11) is 0. The van der Waals surface area contributed by atoms with Gasteiger partial charge in [-0.3, -0.25) is 0 Å². The molecule has 1 nitrogen and oxygen atoms in total. The van der Waals surface area contributed by atoms with Gasteiger partial charge in [-0.1, -0.05) is 50.2 Å². The van der Waals surface area contributed by atoms with E-state index in [1.807, 2.05) is 6.92 Å². The Labute approximate surface area is 153 Å². The monoisotopic (exact) mass is 336 g/mol.